The minimum Gasteiger partial charge on any atom is -0.381 e. The molecule has 10 heteroatoms. The van der Waals surface area contributed by atoms with Crippen LogP contribution in [0.2, 0.25) is 0 Å². The highest BCUT2D eigenvalue weighted by Gasteiger charge is 2.31. The Kier molecular flexibility index (Phi) is 9.01. The van der Waals surface area contributed by atoms with Crippen LogP contribution in [0.25, 0.3) is 10.8 Å². The molecule has 0 heterocycles. The molecule has 0 saturated heterocycles. The summed E-state index contributed by atoms with van der Waals surface area (Å²) in [5.41, 5.74) is 3.18. The van der Waals surface area contributed by atoms with E-state index in [0.717, 1.165) is 17.7 Å². The fourth-order valence-corrected chi connectivity index (χ4v) is 4.29. The maximum atomic E-state index is 11.4. The van der Waals surface area contributed by atoms with Crippen LogP contribution in [0.3, 0.4) is 0 Å². The number of hydrogen-bond donors (Lipinski definition) is 4. The molecule has 8 nitrogen and oxygen atoms in total. The average Bonchev–Trinajstić information content (AvgIpc) is 2.64. The summed E-state index contributed by atoms with van der Waals surface area (Å²) in [6, 6.07) is 14.4. The lowest BCUT2D eigenvalue weighted by molar-refractivity contribution is 0.191. The molecule has 0 amide bonds. The van der Waals surface area contributed by atoms with Gasteiger partial charge in [0.2, 0.25) is 0 Å². The van der Waals surface area contributed by atoms with Gasteiger partial charge in [0.25, 0.3) is 0 Å². The topological polar surface area (TPSA) is 125 Å². The molecule has 4 N–H and O–H groups in total. The highest BCUT2D eigenvalue weighted by Crippen LogP contribution is 2.57. The van der Waals surface area contributed by atoms with Crippen molar-refractivity contribution in [3.63, 3.8) is 0 Å². The zero-order valence-corrected chi connectivity index (χ0v) is 18.7. The maximum absolute atomic E-state index is 11.4. The third kappa shape index (κ3) is 8.94. The fraction of sp³-hybridized carbons (Fsp3) is 0.300. The monoisotopic (exact) mass is 455 g/mol. The second-order valence-electron chi connectivity index (χ2n) is 6.86. The van der Waals surface area contributed by atoms with Crippen LogP contribution in [0, 0.1) is 0 Å². The number of phosphoric acid groups is 2. The van der Waals surface area contributed by atoms with Gasteiger partial charge in [0.1, 0.15) is 0 Å². The molecule has 0 aliphatic carbocycles. The van der Waals surface area contributed by atoms with Crippen LogP contribution in [0.1, 0.15) is 26.7 Å². The summed E-state index contributed by atoms with van der Waals surface area (Å²) >= 11 is 0. The van der Waals surface area contributed by atoms with Crippen molar-refractivity contribution >= 4 is 32.1 Å². The van der Waals surface area contributed by atoms with E-state index in [1.54, 1.807) is 6.08 Å². The second kappa shape index (κ2) is 11.0. The third-order valence-corrected chi connectivity index (χ3v) is 6.41. The number of anilines is 1. The maximum Gasteiger partial charge on any atom is 0.481 e. The van der Waals surface area contributed by atoms with Gasteiger partial charge in [-0.15, -0.1) is 0 Å². The Morgan fingerprint density at radius 2 is 1.70 bits per heavy atom. The Balaban J connectivity index is 1.78. The summed E-state index contributed by atoms with van der Waals surface area (Å²) in [7, 11) is -9.89. The van der Waals surface area contributed by atoms with Crippen molar-refractivity contribution in [2.45, 2.75) is 26.7 Å². The standard InChI is InChI=1S/C20H27NO7P2/c1-16(13-14-27-30(25,26)28-29(22,23)24)7-5-8-17(2)15-21-20-12-6-10-18-9-3-4-11-19(18)20/h3-4,6,8-13,21H,5,7,14-15H2,1-2H3,(H,25,26)(H2,22,23,24)/b16-13+,17-8+. The zero-order chi connectivity index (χ0) is 22.2. The van der Waals surface area contributed by atoms with Gasteiger partial charge >= 0.3 is 15.6 Å². The van der Waals surface area contributed by atoms with Crippen molar-refractivity contribution < 1.29 is 32.6 Å². The molecule has 0 spiro atoms. The summed E-state index contributed by atoms with van der Waals surface area (Å²) in [5, 5.41) is 5.82. The summed E-state index contributed by atoms with van der Waals surface area (Å²) in [5.74, 6) is 0. The average molecular weight is 455 g/mol. The molecule has 0 radical (unpaired) electrons. The molecule has 0 fully saturated rings. The fourth-order valence-electron chi connectivity index (χ4n) is 2.77. The Morgan fingerprint density at radius 3 is 2.43 bits per heavy atom. The van der Waals surface area contributed by atoms with Crippen LogP contribution in [0.5, 0.6) is 0 Å². The number of nitrogens with one attached hydrogen (secondary N) is 1. The highest BCUT2D eigenvalue weighted by molar-refractivity contribution is 7.60. The van der Waals surface area contributed by atoms with Crippen molar-refractivity contribution in [1.82, 2.24) is 0 Å². The number of allylic oxidation sites excluding steroid dienone is 2. The Hall–Kier alpha value is -1.76. The number of phosphoric ester groups is 1. The van der Waals surface area contributed by atoms with Crippen LogP contribution < -0.4 is 5.32 Å². The normalized spacial score (nSPS) is 15.2. The zero-order valence-electron chi connectivity index (χ0n) is 16.9. The third-order valence-electron chi connectivity index (χ3n) is 4.26. The van der Waals surface area contributed by atoms with Gasteiger partial charge in [-0.3, -0.25) is 4.52 Å². The van der Waals surface area contributed by atoms with E-state index in [-0.39, 0.29) is 6.61 Å². The number of rotatable bonds is 11. The van der Waals surface area contributed by atoms with E-state index in [2.05, 4.69) is 44.5 Å². The summed E-state index contributed by atoms with van der Waals surface area (Å²) in [6.07, 6.45) is 5.18. The Morgan fingerprint density at radius 1 is 1.00 bits per heavy atom. The van der Waals surface area contributed by atoms with Crippen LogP contribution in [-0.2, 0) is 18.0 Å². The lowest BCUT2D eigenvalue weighted by Gasteiger charge is -2.11. The van der Waals surface area contributed by atoms with Gasteiger partial charge in [0.05, 0.1) is 6.61 Å². The summed E-state index contributed by atoms with van der Waals surface area (Å²) < 4.78 is 30.2. The molecule has 30 heavy (non-hydrogen) atoms. The van der Waals surface area contributed by atoms with E-state index >= 15 is 0 Å². The van der Waals surface area contributed by atoms with Crippen molar-refractivity contribution in [1.29, 1.82) is 0 Å². The SMILES string of the molecule is C/C(=C\COP(=O)(O)OP(=O)(O)O)CC/C=C(\C)CNc1cccc2ccccc12. The minimum absolute atomic E-state index is 0.287. The summed E-state index contributed by atoms with van der Waals surface area (Å²) in [6.45, 7) is 4.31. The molecule has 0 aliphatic heterocycles. The van der Waals surface area contributed by atoms with Crippen LogP contribution in [0.15, 0.2) is 65.8 Å². The second-order valence-corrected chi connectivity index (χ2v) is 9.69. The predicted molar refractivity (Wildman–Crippen MR) is 118 cm³/mol. The summed E-state index contributed by atoms with van der Waals surface area (Å²) in [4.78, 5) is 26.3. The largest absolute Gasteiger partial charge is 0.481 e. The van der Waals surface area contributed by atoms with E-state index in [4.69, 9.17) is 9.79 Å². The molecular weight excluding hydrogens is 428 g/mol. The quantitative estimate of drug-likeness (QED) is 0.271. The van der Waals surface area contributed by atoms with Gasteiger partial charge in [-0.2, -0.15) is 4.31 Å². The number of fused-ring (bicyclic) bond motifs is 1. The predicted octanol–water partition coefficient (Wildman–Crippen LogP) is 5.15. The van der Waals surface area contributed by atoms with Gasteiger partial charge in [0, 0.05) is 17.6 Å². The molecule has 0 aliphatic rings. The molecule has 2 aromatic carbocycles. The van der Waals surface area contributed by atoms with E-state index in [0.29, 0.717) is 13.0 Å². The van der Waals surface area contributed by atoms with Crippen LogP contribution >= 0.6 is 15.6 Å². The molecular formula is C20H27NO7P2. The first-order valence-corrected chi connectivity index (χ1v) is 12.4. The molecule has 164 valence electrons. The Labute approximate surface area is 176 Å². The van der Waals surface area contributed by atoms with E-state index in [9.17, 15) is 14.0 Å². The lowest BCUT2D eigenvalue weighted by Crippen LogP contribution is -2.03. The van der Waals surface area contributed by atoms with E-state index in [1.807, 2.05) is 32.0 Å². The number of hydrogen-bond acceptors (Lipinski definition) is 5. The van der Waals surface area contributed by atoms with Gasteiger partial charge in [-0.1, -0.05) is 59.7 Å². The minimum atomic E-state index is -5.10. The lowest BCUT2D eigenvalue weighted by atomic mass is 10.1. The first-order chi connectivity index (χ1) is 14.1. The molecule has 2 rings (SSSR count). The molecule has 1 unspecified atom stereocenters. The molecule has 1 atom stereocenters. The first kappa shape index (κ1) is 24.5. The van der Waals surface area contributed by atoms with E-state index in [1.165, 1.54) is 16.3 Å². The van der Waals surface area contributed by atoms with Crippen molar-refractivity contribution in [3.8, 4) is 0 Å². The molecule has 0 bridgehead atoms. The van der Waals surface area contributed by atoms with E-state index < -0.39 is 15.6 Å². The molecule has 0 aromatic heterocycles. The molecule has 0 saturated carbocycles. The number of benzene rings is 2. The Bertz CT molecular complexity index is 1010. The smallest absolute Gasteiger partial charge is 0.381 e. The first-order valence-electron chi connectivity index (χ1n) is 9.33. The van der Waals surface area contributed by atoms with Crippen molar-refractivity contribution in [2.24, 2.45) is 0 Å². The highest BCUT2D eigenvalue weighted by atomic mass is 31.3. The molecule has 2 aromatic rings. The van der Waals surface area contributed by atoms with Gasteiger partial charge in [-0.25, -0.2) is 9.13 Å². The van der Waals surface area contributed by atoms with Crippen LogP contribution in [-0.4, -0.2) is 27.8 Å². The van der Waals surface area contributed by atoms with Crippen molar-refractivity contribution in [3.05, 3.63) is 65.8 Å². The van der Waals surface area contributed by atoms with Gasteiger partial charge < -0.3 is 20.0 Å². The van der Waals surface area contributed by atoms with Gasteiger partial charge in [0.15, 0.2) is 0 Å². The van der Waals surface area contributed by atoms with Crippen molar-refractivity contribution in [2.75, 3.05) is 18.5 Å². The van der Waals surface area contributed by atoms with Gasteiger partial charge in [-0.05, 0) is 38.1 Å². The van der Waals surface area contributed by atoms with Crippen LogP contribution in [0.4, 0.5) is 5.69 Å².